The normalized spacial score (nSPS) is 18.4. The Morgan fingerprint density at radius 1 is 1.40 bits per heavy atom. The number of nitrogens with zero attached hydrogens (tertiary/aromatic N) is 2. The lowest BCUT2D eigenvalue weighted by atomic mass is 10.1. The zero-order valence-electron chi connectivity index (χ0n) is 10.7. The van der Waals surface area contributed by atoms with Crippen molar-refractivity contribution in [2.75, 3.05) is 6.54 Å². The fraction of sp³-hybridized carbons (Fsp3) is 0.286. The summed E-state index contributed by atoms with van der Waals surface area (Å²) < 4.78 is 1.18. The van der Waals surface area contributed by atoms with Gasteiger partial charge in [0.15, 0.2) is 0 Å². The molecule has 2 aromatic rings. The molecule has 0 aliphatic carbocycles. The van der Waals surface area contributed by atoms with E-state index in [4.69, 9.17) is 0 Å². The number of likely N-dealkylation sites (tertiary alicyclic amines) is 1. The third-order valence-corrected chi connectivity index (χ3v) is 4.31. The smallest absolute Gasteiger partial charge is 0.407 e. The summed E-state index contributed by atoms with van der Waals surface area (Å²) in [5, 5.41) is 16.5. The molecule has 0 radical (unpaired) electrons. The second kappa shape index (κ2) is 5.43. The van der Waals surface area contributed by atoms with E-state index in [0.29, 0.717) is 6.54 Å². The molecule has 3 rings (SSSR count). The Morgan fingerprint density at radius 3 is 2.85 bits per heavy atom. The monoisotopic (exact) mass is 383 g/mol. The van der Waals surface area contributed by atoms with Crippen molar-refractivity contribution in [2.45, 2.75) is 18.9 Å². The summed E-state index contributed by atoms with van der Waals surface area (Å²) in [5.41, 5.74) is 2.76. The molecule has 1 saturated heterocycles. The standard InChI is InChI=1S/C14H14IN3O2/c15-10-5-3-9(4-6-10)11-8-12(17-16-11)13-2-1-7-18(13)14(19)20/h3-6,8,13H,1-2,7H2,(H,16,17)(H,19,20)/t13-/m0/s1. The second-order valence-electron chi connectivity index (χ2n) is 4.85. The zero-order valence-corrected chi connectivity index (χ0v) is 12.9. The van der Waals surface area contributed by atoms with Crippen LogP contribution in [0.2, 0.25) is 0 Å². The summed E-state index contributed by atoms with van der Waals surface area (Å²) >= 11 is 2.26. The van der Waals surface area contributed by atoms with Gasteiger partial charge in [0, 0.05) is 15.7 Å². The second-order valence-corrected chi connectivity index (χ2v) is 6.10. The van der Waals surface area contributed by atoms with Gasteiger partial charge in [-0.1, -0.05) is 12.1 Å². The minimum atomic E-state index is -0.863. The van der Waals surface area contributed by atoms with Gasteiger partial charge in [0.1, 0.15) is 0 Å². The minimum Gasteiger partial charge on any atom is -0.465 e. The first-order valence-corrected chi connectivity index (χ1v) is 7.54. The number of hydrogen-bond donors (Lipinski definition) is 2. The number of amides is 1. The summed E-state index contributed by atoms with van der Waals surface area (Å²) in [6.45, 7) is 0.595. The van der Waals surface area contributed by atoms with Gasteiger partial charge < -0.3 is 5.11 Å². The van der Waals surface area contributed by atoms with E-state index in [9.17, 15) is 9.90 Å². The van der Waals surface area contributed by atoms with Crippen molar-refractivity contribution in [2.24, 2.45) is 0 Å². The molecule has 1 aromatic heterocycles. The molecule has 1 aromatic carbocycles. The predicted octanol–water partition coefficient (Wildman–Crippen LogP) is 3.50. The van der Waals surface area contributed by atoms with Gasteiger partial charge in [-0.15, -0.1) is 0 Å². The van der Waals surface area contributed by atoms with E-state index in [0.717, 1.165) is 29.8 Å². The van der Waals surface area contributed by atoms with Gasteiger partial charge in [-0.2, -0.15) is 5.10 Å². The van der Waals surface area contributed by atoms with Crippen LogP contribution in [-0.4, -0.2) is 32.8 Å². The van der Waals surface area contributed by atoms with Crippen LogP contribution in [0, 0.1) is 3.57 Å². The van der Waals surface area contributed by atoms with Crippen LogP contribution in [-0.2, 0) is 0 Å². The van der Waals surface area contributed by atoms with Gasteiger partial charge in [-0.05, 0) is 53.6 Å². The molecule has 2 heterocycles. The Bertz CT molecular complexity index is 624. The third kappa shape index (κ3) is 2.52. The van der Waals surface area contributed by atoms with Crippen molar-refractivity contribution in [1.29, 1.82) is 0 Å². The SMILES string of the molecule is O=C(O)N1CCC[C@H]1c1cc(-c2ccc(I)cc2)n[nH]1. The molecular formula is C14H14IN3O2. The van der Waals surface area contributed by atoms with Crippen molar-refractivity contribution in [3.05, 3.63) is 39.6 Å². The fourth-order valence-electron chi connectivity index (χ4n) is 2.59. The van der Waals surface area contributed by atoms with Crippen LogP contribution in [0.15, 0.2) is 30.3 Å². The van der Waals surface area contributed by atoms with Crippen LogP contribution in [0.25, 0.3) is 11.3 Å². The minimum absolute atomic E-state index is 0.0994. The number of benzene rings is 1. The molecule has 1 fully saturated rings. The van der Waals surface area contributed by atoms with Crippen LogP contribution in [0.3, 0.4) is 0 Å². The predicted molar refractivity (Wildman–Crippen MR) is 83.4 cm³/mol. The quantitative estimate of drug-likeness (QED) is 0.781. The van der Waals surface area contributed by atoms with Gasteiger partial charge in [-0.3, -0.25) is 10.00 Å². The number of nitrogens with one attached hydrogen (secondary N) is 1. The number of carbonyl (C=O) groups is 1. The molecule has 1 atom stereocenters. The van der Waals surface area contributed by atoms with Crippen LogP contribution >= 0.6 is 22.6 Å². The molecular weight excluding hydrogens is 369 g/mol. The number of hydrogen-bond acceptors (Lipinski definition) is 2. The number of aromatic nitrogens is 2. The van der Waals surface area contributed by atoms with Crippen molar-refractivity contribution in [1.82, 2.24) is 15.1 Å². The average Bonchev–Trinajstić information content (AvgIpc) is 3.08. The molecule has 20 heavy (non-hydrogen) atoms. The highest BCUT2D eigenvalue weighted by Crippen LogP contribution is 2.32. The van der Waals surface area contributed by atoms with E-state index in [1.807, 2.05) is 30.3 Å². The van der Waals surface area contributed by atoms with Gasteiger partial charge in [0.25, 0.3) is 0 Å². The molecule has 6 heteroatoms. The molecule has 0 unspecified atom stereocenters. The highest BCUT2D eigenvalue weighted by Gasteiger charge is 2.31. The molecule has 5 nitrogen and oxygen atoms in total. The molecule has 1 aliphatic rings. The first kappa shape index (κ1) is 13.4. The zero-order chi connectivity index (χ0) is 14.1. The average molecular weight is 383 g/mol. The molecule has 0 saturated carbocycles. The maximum atomic E-state index is 11.2. The molecule has 1 aliphatic heterocycles. The first-order valence-electron chi connectivity index (χ1n) is 6.46. The van der Waals surface area contributed by atoms with Crippen molar-refractivity contribution >= 4 is 28.7 Å². The van der Waals surface area contributed by atoms with Gasteiger partial charge in [0.05, 0.1) is 17.4 Å². The summed E-state index contributed by atoms with van der Waals surface area (Å²) in [7, 11) is 0. The Morgan fingerprint density at radius 2 is 2.15 bits per heavy atom. The van der Waals surface area contributed by atoms with Crippen LogP contribution in [0.1, 0.15) is 24.6 Å². The largest absolute Gasteiger partial charge is 0.465 e. The lowest BCUT2D eigenvalue weighted by Gasteiger charge is -2.19. The highest BCUT2D eigenvalue weighted by molar-refractivity contribution is 14.1. The van der Waals surface area contributed by atoms with E-state index >= 15 is 0 Å². The van der Waals surface area contributed by atoms with Crippen LogP contribution < -0.4 is 0 Å². The first-order chi connectivity index (χ1) is 9.65. The summed E-state index contributed by atoms with van der Waals surface area (Å²) in [5.74, 6) is 0. The maximum absolute atomic E-state index is 11.2. The molecule has 1 amide bonds. The number of carboxylic acid groups (broad SMARTS) is 1. The van der Waals surface area contributed by atoms with Crippen LogP contribution in [0.4, 0.5) is 4.79 Å². The number of halogens is 1. The van der Waals surface area contributed by atoms with Crippen molar-refractivity contribution in [3.8, 4) is 11.3 Å². The number of H-pyrrole nitrogens is 1. The Labute approximate surface area is 130 Å². The fourth-order valence-corrected chi connectivity index (χ4v) is 2.95. The molecule has 2 N–H and O–H groups in total. The topological polar surface area (TPSA) is 69.2 Å². The van der Waals surface area contributed by atoms with Crippen molar-refractivity contribution in [3.63, 3.8) is 0 Å². The van der Waals surface area contributed by atoms with E-state index in [-0.39, 0.29) is 6.04 Å². The van der Waals surface area contributed by atoms with E-state index < -0.39 is 6.09 Å². The Balaban J connectivity index is 1.86. The van der Waals surface area contributed by atoms with Crippen LogP contribution in [0.5, 0.6) is 0 Å². The summed E-state index contributed by atoms with van der Waals surface area (Å²) in [4.78, 5) is 12.7. The lowest BCUT2D eigenvalue weighted by molar-refractivity contribution is 0.139. The maximum Gasteiger partial charge on any atom is 0.407 e. The molecule has 0 spiro atoms. The van der Waals surface area contributed by atoms with E-state index in [2.05, 4.69) is 32.8 Å². The van der Waals surface area contributed by atoms with Crippen molar-refractivity contribution < 1.29 is 9.90 Å². The van der Waals surface area contributed by atoms with E-state index in [1.54, 1.807) is 0 Å². The number of aromatic amines is 1. The van der Waals surface area contributed by atoms with E-state index in [1.165, 1.54) is 8.47 Å². The van der Waals surface area contributed by atoms with Gasteiger partial charge in [0.2, 0.25) is 0 Å². The lowest BCUT2D eigenvalue weighted by Crippen LogP contribution is -2.28. The Kier molecular flexibility index (Phi) is 3.64. The summed E-state index contributed by atoms with van der Waals surface area (Å²) in [6.07, 6.45) is 0.882. The van der Waals surface area contributed by atoms with Gasteiger partial charge in [-0.25, -0.2) is 4.79 Å². The Hall–Kier alpha value is -1.57. The third-order valence-electron chi connectivity index (χ3n) is 3.60. The highest BCUT2D eigenvalue weighted by atomic mass is 127. The van der Waals surface area contributed by atoms with Gasteiger partial charge >= 0.3 is 6.09 Å². The number of rotatable bonds is 2. The summed E-state index contributed by atoms with van der Waals surface area (Å²) in [6, 6.07) is 9.95. The molecule has 0 bridgehead atoms. The molecule has 104 valence electrons.